The lowest BCUT2D eigenvalue weighted by atomic mass is 10.1. The third-order valence-corrected chi connectivity index (χ3v) is 5.17. The van der Waals surface area contributed by atoms with Crippen LogP contribution in [-0.2, 0) is 6.54 Å². The molecule has 1 amide bonds. The van der Waals surface area contributed by atoms with Gasteiger partial charge in [-0.1, -0.05) is 17.7 Å². The number of likely N-dealkylation sites (tertiary alicyclic amines) is 1. The first-order valence-electron chi connectivity index (χ1n) is 9.14. The lowest BCUT2D eigenvalue weighted by molar-refractivity contribution is 0.100. The van der Waals surface area contributed by atoms with E-state index in [9.17, 15) is 4.79 Å². The minimum atomic E-state index is -0.422. The van der Waals surface area contributed by atoms with Gasteiger partial charge in [0, 0.05) is 5.56 Å². The summed E-state index contributed by atoms with van der Waals surface area (Å²) in [4.78, 5) is 18.9. The fraction of sp³-hybridized carbons (Fsp3) is 0.333. The number of imidazole rings is 1. The zero-order chi connectivity index (χ0) is 18.3. The van der Waals surface area contributed by atoms with Gasteiger partial charge in [0.1, 0.15) is 5.82 Å². The van der Waals surface area contributed by atoms with Crippen LogP contribution in [0.5, 0.6) is 0 Å². The highest BCUT2D eigenvalue weighted by molar-refractivity contribution is 5.96. The van der Waals surface area contributed by atoms with Gasteiger partial charge in [0.15, 0.2) is 0 Å². The van der Waals surface area contributed by atoms with Crippen molar-refractivity contribution in [2.75, 3.05) is 13.1 Å². The Morgan fingerprint density at radius 2 is 1.88 bits per heavy atom. The van der Waals surface area contributed by atoms with Crippen LogP contribution in [0.1, 0.15) is 40.2 Å². The van der Waals surface area contributed by atoms with Crippen LogP contribution in [-0.4, -0.2) is 33.4 Å². The number of hydrogen-bond donors (Lipinski definition) is 1. The number of aromatic nitrogens is 2. The molecule has 0 saturated carbocycles. The largest absolute Gasteiger partial charge is 0.366 e. The van der Waals surface area contributed by atoms with Gasteiger partial charge < -0.3 is 5.73 Å². The van der Waals surface area contributed by atoms with Gasteiger partial charge in [0.05, 0.1) is 23.3 Å². The Labute approximate surface area is 153 Å². The minimum Gasteiger partial charge on any atom is -0.366 e. The molecule has 1 aliphatic heterocycles. The van der Waals surface area contributed by atoms with Crippen molar-refractivity contribution in [2.24, 2.45) is 5.73 Å². The standard InChI is InChI=1S/C21H24N4O/c1-14-5-7-18(15(2)11-14)25-19-8-6-16(21(22)26)12-17(19)23-20(25)13-24-9-3-4-10-24/h5-8,11-12H,3-4,9-10,13H2,1-2H3,(H2,22,26). The molecule has 0 spiro atoms. The van der Waals surface area contributed by atoms with E-state index in [0.29, 0.717) is 5.56 Å². The second kappa shape index (κ2) is 6.57. The second-order valence-corrected chi connectivity index (χ2v) is 7.20. The monoisotopic (exact) mass is 348 g/mol. The summed E-state index contributed by atoms with van der Waals surface area (Å²) in [6, 6.07) is 12.0. The van der Waals surface area contributed by atoms with Crippen LogP contribution in [0.4, 0.5) is 0 Å². The molecule has 2 N–H and O–H groups in total. The predicted molar refractivity (Wildman–Crippen MR) is 104 cm³/mol. The summed E-state index contributed by atoms with van der Waals surface area (Å²) in [6.45, 7) is 7.28. The SMILES string of the molecule is Cc1ccc(-n2c(CN3CCCC3)nc3cc(C(N)=O)ccc32)c(C)c1. The van der Waals surface area contributed by atoms with E-state index < -0.39 is 5.91 Å². The number of benzene rings is 2. The first kappa shape index (κ1) is 16.8. The van der Waals surface area contributed by atoms with E-state index in [0.717, 1.165) is 42.2 Å². The lowest BCUT2D eigenvalue weighted by Gasteiger charge is -2.17. The predicted octanol–water partition coefficient (Wildman–Crippen LogP) is 3.34. The molecular weight excluding hydrogens is 324 g/mol. The third-order valence-electron chi connectivity index (χ3n) is 5.17. The molecule has 2 aromatic carbocycles. The molecule has 0 aliphatic carbocycles. The smallest absolute Gasteiger partial charge is 0.248 e. The Morgan fingerprint density at radius 3 is 2.58 bits per heavy atom. The number of carbonyl (C=O) groups is 1. The normalized spacial score (nSPS) is 15.0. The molecule has 26 heavy (non-hydrogen) atoms. The zero-order valence-corrected chi connectivity index (χ0v) is 15.3. The highest BCUT2D eigenvalue weighted by Gasteiger charge is 2.19. The quantitative estimate of drug-likeness (QED) is 0.786. The highest BCUT2D eigenvalue weighted by atomic mass is 16.1. The van der Waals surface area contributed by atoms with Crippen molar-refractivity contribution in [2.45, 2.75) is 33.2 Å². The molecule has 1 aromatic heterocycles. The summed E-state index contributed by atoms with van der Waals surface area (Å²) in [5.74, 6) is 0.588. The van der Waals surface area contributed by atoms with Gasteiger partial charge in [0.25, 0.3) is 0 Å². The fourth-order valence-electron chi connectivity index (χ4n) is 3.86. The van der Waals surface area contributed by atoms with E-state index >= 15 is 0 Å². The number of hydrogen-bond acceptors (Lipinski definition) is 3. The van der Waals surface area contributed by atoms with Gasteiger partial charge in [-0.25, -0.2) is 4.98 Å². The maximum Gasteiger partial charge on any atom is 0.248 e. The number of amides is 1. The number of fused-ring (bicyclic) bond motifs is 1. The van der Waals surface area contributed by atoms with Crippen LogP contribution in [0.2, 0.25) is 0 Å². The summed E-state index contributed by atoms with van der Waals surface area (Å²) in [7, 11) is 0. The Bertz CT molecular complexity index is 983. The maximum absolute atomic E-state index is 11.6. The van der Waals surface area contributed by atoms with Gasteiger partial charge in [-0.3, -0.25) is 14.3 Å². The average molecular weight is 348 g/mol. The van der Waals surface area contributed by atoms with Crippen LogP contribution in [0, 0.1) is 13.8 Å². The molecule has 1 saturated heterocycles. The van der Waals surface area contributed by atoms with E-state index in [1.807, 2.05) is 6.07 Å². The number of carbonyl (C=O) groups excluding carboxylic acids is 1. The van der Waals surface area contributed by atoms with Gasteiger partial charge in [0.2, 0.25) is 5.91 Å². The Morgan fingerprint density at radius 1 is 1.12 bits per heavy atom. The van der Waals surface area contributed by atoms with E-state index in [1.165, 1.54) is 24.0 Å². The van der Waals surface area contributed by atoms with Crippen LogP contribution in [0.3, 0.4) is 0 Å². The van der Waals surface area contributed by atoms with E-state index in [1.54, 1.807) is 12.1 Å². The second-order valence-electron chi connectivity index (χ2n) is 7.20. The molecule has 1 fully saturated rings. The number of aryl methyl sites for hydroxylation is 2. The molecular formula is C21H24N4O. The maximum atomic E-state index is 11.6. The summed E-state index contributed by atoms with van der Waals surface area (Å²) < 4.78 is 2.23. The average Bonchev–Trinajstić information content (AvgIpc) is 3.22. The molecule has 4 rings (SSSR count). The molecule has 0 atom stereocenters. The van der Waals surface area contributed by atoms with Crippen molar-refractivity contribution in [3.05, 3.63) is 58.9 Å². The molecule has 134 valence electrons. The number of rotatable bonds is 4. The molecule has 3 aromatic rings. The lowest BCUT2D eigenvalue weighted by Crippen LogP contribution is -2.21. The Hall–Kier alpha value is -2.66. The summed E-state index contributed by atoms with van der Waals surface area (Å²) in [5, 5.41) is 0. The van der Waals surface area contributed by atoms with Crippen molar-refractivity contribution >= 4 is 16.9 Å². The van der Waals surface area contributed by atoms with Crippen molar-refractivity contribution in [3.8, 4) is 5.69 Å². The van der Waals surface area contributed by atoms with Crippen LogP contribution in [0.15, 0.2) is 36.4 Å². The topological polar surface area (TPSA) is 64.2 Å². The first-order valence-corrected chi connectivity index (χ1v) is 9.14. The van der Waals surface area contributed by atoms with Gasteiger partial charge in [-0.2, -0.15) is 0 Å². The van der Waals surface area contributed by atoms with E-state index in [2.05, 4.69) is 41.5 Å². The number of nitrogens with zero attached hydrogens (tertiary/aromatic N) is 3. The van der Waals surface area contributed by atoms with Gasteiger partial charge in [-0.15, -0.1) is 0 Å². The molecule has 1 aliphatic rings. The van der Waals surface area contributed by atoms with Crippen molar-refractivity contribution in [1.82, 2.24) is 14.5 Å². The Balaban J connectivity index is 1.90. The highest BCUT2D eigenvalue weighted by Crippen LogP contribution is 2.27. The van der Waals surface area contributed by atoms with E-state index in [4.69, 9.17) is 10.7 Å². The molecule has 0 radical (unpaired) electrons. The molecule has 0 bridgehead atoms. The molecule has 2 heterocycles. The van der Waals surface area contributed by atoms with Gasteiger partial charge >= 0.3 is 0 Å². The van der Waals surface area contributed by atoms with Crippen molar-refractivity contribution in [1.29, 1.82) is 0 Å². The van der Waals surface area contributed by atoms with Crippen molar-refractivity contribution in [3.63, 3.8) is 0 Å². The summed E-state index contributed by atoms with van der Waals surface area (Å²) >= 11 is 0. The van der Waals surface area contributed by atoms with Crippen LogP contribution < -0.4 is 5.73 Å². The summed E-state index contributed by atoms with van der Waals surface area (Å²) in [6.07, 6.45) is 2.49. The first-order chi connectivity index (χ1) is 12.5. The Kier molecular flexibility index (Phi) is 4.24. The van der Waals surface area contributed by atoms with Gasteiger partial charge in [-0.05, 0) is 69.6 Å². The fourth-order valence-corrected chi connectivity index (χ4v) is 3.86. The third kappa shape index (κ3) is 2.99. The molecule has 5 heteroatoms. The zero-order valence-electron chi connectivity index (χ0n) is 15.3. The molecule has 0 unspecified atom stereocenters. The number of nitrogens with two attached hydrogens (primary N) is 1. The van der Waals surface area contributed by atoms with E-state index in [-0.39, 0.29) is 0 Å². The van der Waals surface area contributed by atoms with Crippen molar-refractivity contribution < 1.29 is 4.79 Å². The number of primary amides is 1. The van der Waals surface area contributed by atoms with Crippen LogP contribution in [0.25, 0.3) is 16.7 Å². The summed E-state index contributed by atoms with van der Waals surface area (Å²) in [5.41, 5.74) is 11.4. The minimum absolute atomic E-state index is 0.422. The van der Waals surface area contributed by atoms with Crippen LogP contribution >= 0.6 is 0 Å². The molecule has 5 nitrogen and oxygen atoms in total.